The molecule has 0 saturated carbocycles. The Hall–Kier alpha value is -1.11. The van der Waals surface area contributed by atoms with Crippen LogP contribution in [0.25, 0.3) is 0 Å². The number of hydrogen-bond donors (Lipinski definition) is 1. The van der Waals surface area contributed by atoms with Crippen molar-refractivity contribution in [3.05, 3.63) is 29.3 Å². The molecule has 2 aliphatic heterocycles. The molecule has 0 radical (unpaired) electrons. The van der Waals surface area contributed by atoms with Crippen molar-refractivity contribution in [2.45, 2.75) is 36.1 Å². The van der Waals surface area contributed by atoms with Gasteiger partial charge in [0.05, 0.1) is 21.2 Å². The summed E-state index contributed by atoms with van der Waals surface area (Å²) in [5.74, 6) is -0.410. The van der Waals surface area contributed by atoms with Crippen LogP contribution in [0, 0.1) is 0 Å². The van der Waals surface area contributed by atoms with Crippen LogP contribution in [-0.2, 0) is 14.6 Å². The second kappa shape index (κ2) is 6.42. The van der Waals surface area contributed by atoms with E-state index in [-0.39, 0.29) is 33.5 Å². The lowest BCUT2D eigenvalue weighted by Crippen LogP contribution is -2.53. The van der Waals surface area contributed by atoms with Crippen LogP contribution in [0.2, 0.25) is 5.02 Å². The molecule has 5 nitrogen and oxygen atoms in total. The number of fused-ring (bicyclic) bond motifs is 2. The Balaban J connectivity index is 1.60. The highest BCUT2D eigenvalue weighted by Crippen LogP contribution is 2.31. The van der Waals surface area contributed by atoms with Crippen molar-refractivity contribution in [3.63, 3.8) is 0 Å². The number of amides is 1. The van der Waals surface area contributed by atoms with Gasteiger partial charge in [-0.2, -0.15) is 0 Å². The largest absolute Gasteiger partial charge is 0.349 e. The van der Waals surface area contributed by atoms with E-state index in [2.05, 4.69) is 10.2 Å². The topological polar surface area (TPSA) is 66.5 Å². The van der Waals surface area contributed by atoms with E-state index in [1.165, 1.54) is 6.07 Å². The molecule has 3 rings (SSSR count). The van der Waals surface area contributed by atoms with Gasteiger partial charge in [0, 0.05) is 19.5 Å². The van der Waals surface area contributed by atoms with Crippen LogP contribution in [-0.4, -0.2) is 50.2 Å². The van der Waals surface area contributed by atoms with Crippen LogP contribution in [0.4, 0.5) is 0 Å². The first kappa shape index (κ1) is 16.7. The highest BCUT2D eigenvalue weighted by atomic mass is 35.5. The average Bonchev–Trinajstić information content (AvgIpc) is 2.80. The maximum Gasteiger partial charge on any atom is 0.221 e. The molecule has 1 aromatic carbocycles. The molecule has 126 valence electrons. The highest BCUT2D eigenvalue weighted by molar-refractivity contribution is 7.91. The van der Waals surface area contributed by atoms with Gasteiger partial charge in [-0.05, 0) is 37.9 Å². The van der Waals surface area contributed by atoms with E-state index in [0.29, 0.717) is 0 Å². The minimum atomic E-state index is -3.55. The number of hydrogen-bond acceptors (Lipinski definition) is 4. The summed E-state index contributed by atoms with van der Waals surface area (Å²) in [6.07, 6.45) is 2.98. The number of rotatable bonds is 5. The molecule has 2 saturated heterocycles. The number of sulfone groups is 1. The summed E-state index contributed by atoms with van der Waals surface area (Å²) in [6.45, 7) is 2.99. The lowest BCUT2D eigenvalue weighted by Gasteiger charge is -2.34. The average molecular weight is 357 g/mol. The zero-order valence-electron chi connectivity index (χ0n) is 12.9. The fourth-order valence-electron chi connectivity index (χ4n) is 3.55. The molecule has 7 heteroatoms. The Morgan fingerprint density at radius 1 is 1.26 bits per heavy atom. The number of benzene rings is 1. The fraction of sp³-hybridized carbons (Fsp3) is 0.562. The van der Waals surface area contributed by atoms with Crippen molar-refractivity contribution in [3.8, 4) is 0 Å². The van der Waals surface area contributed by atoms with Crippen molar-refractivity contribution in [2.75, 3.05) is 25.4 Å². The van der Waals surface area contributed by atoms with E-state index in [1.54, 1.807) is 18.2 Å². The van der Waals surface area contributed by atoms with Gasteiger partial charge in [0.2, 0.25) is 5.91 Å². The van der Waals surface area contributed by atoms with E-state index in [4.69, 9.17) is 11.6 Å². The van der Waals surface area contributed by atoms with Gasteiger partial charge < -0.3 is 10.2 Å². The summed E-state index contributed by atoms with van der Waals surface area (Å²) in [6, 6.07) is 6.34. The second-order valence-electron chi connectivity index (χ2n) is 6.46. The maximum absolute atomic E-state index is 12.3. The quantitative estimate of drug-likeness (QED) is 0.874. The smallest absolute Gasteiger partial charge is 0.221 e. The first-order valence-corrected chi connectivity index (χ1v) is 9.94. The van der Waals surface area contributed by atoms with E-state index >= 15 is 0 Å². The van der Waals surface area contributed by atoms with E-state index in [0.717, 1.165) is 38.9 Å². The van der Waals surface area contributed by atoms with E-state index in [1.807, 2.05) is 0 Å². The molecule has 2 bridgehead atoms. The summed E-state index contributed by atoms with van der Waals surface area (Å²) in [5, 5.41) is 3.28. The molecule has 23 heavy (non-hydrogen) atoms. The monoisotopic (exact) mass is 356 g/mol. The van der Waals surface area contributed by atoms with Crippen LogP contribution < -0.4 is 5.32 Å². The van der Waals surface area contributed by atoms with Crippen molar-refractivity contribution in [2.24, 2.45) is 0 Å². The molecule has 0 aliphatic carbocycles. The van der Waals surface area contributed by atoms with Gasteiger partial charge in [-0.25, -0.2) is 8.42 Å². The van der Waals surface area contributed by atoms with Gasteiger partial charge >= 0.3 is 0 Å². The molecule has 1 N–H and O–H groups in total. The van der Waals surface area contributed by atoms with Crippen molar-refractivity contribution in [1.29, 1.82) is 0 Å². The Morgan fingerprint density at radius 3 is 2.83 bits per heavy atom. The third kappa shape index (κ3) is 3.70. The molecule has 2 heterocycles. The van der Waals surface area contributed by atoms with Gasteiger partial charge in [0.25, 0.3) is 0 Å². The van der Waals surface area contributed by atoms with Crippen LogP contribution in [0.3, 0.4) is 0 Å². The van der Waals surface area contributed by atoms with Crippen LogP contribution in [0.5, 0.6) is 0 Å². The number of carbonyl (C=O) groups excluding carboxylic acids is 1. The predicted octanol–water partition coefficient (Wildman–Crippen LogP) is 1.86. The summed E-state index contributed by atoms with van der Waals surface area (Å²) >= 11 is 5.94. The molecule has 1 aromatic rings. The normalized spacial score (nSPS) is 26.9. The molecule has 1 amide bonds. The number of halogens is 1. The molecular formula is C16H21ClN2O3S. The number of carbonyl (C=O) groups is 1. The Morgan fingerprint density at radius 2 is 2.04 bits per heavy atom. The van der Waals surface area contributed by atoms with Gasteiger partial charge in [-0.3, -0.25) is 4.79 Å². The van der Waals surface area contributed by atoms with Crippen LogP contribution in [0.15, 0.2) is 29.2 Å². The third-order valence-electron chi connectivity index (χ3n) is 4.74. The Kier molecular flexibility index (Phi) is 4.67. The molecule has 0 aromatic heterocycles. The summed E-state index contributed by atoms with van der Waals surface area (Å²) in [7, 11) is -3.55. The third-order valence-corrected chi connectivity index (χ3v) is 6.95. The second-order valence-corrected chi connectivity index (χ2v) is 8.94. The minimum Gasteiger partial charge on any atom is -0.349 e. The molecule has 2 fully saturated rings. The lowest BCUT2D eigenvalue weighted by molar-refractivity contribution is -0.122. The van der Waals surface area contributed by atoms with E-state index in [9.17, 15) is 13.2 Å². The Bertz CT molecular complexity index is 703. The van der Waals surface area contributed by atoms with Gasteiger partial charge in [-0.1, -0.05) is 23.7 Å². The number of nitrogens with one attached hydrogen (secondary N) is 1. The molecule has 2 aliphatic rings. The van der Waals surface area contributed by atoms with Crippen molar-refractivity contribution >= 4 is 27.3 Å². The first-order chi connectivity index (χ1) is 10.9. The van der Waals surface area contributed by atoms with Crippen molar-refractivity contribution in [1.82, 2.24) is 10.2 Å². The molecular weight excluding hydrogens is 336 g/mol. The number of piperidine rings is 1. The fourth-order valence-corrected chi connectivity index (χ4v) is 5.36. The minimum absolute atomic E-state index is 0.0324. The van der Waals surface area contributed by atoms with Gasteiger partial charge in [0.1, 0.15) is 0 Å². The highest BCUT2D eigenvalue weighted by Gasteiger charge is 2.41. The zero-order chi connectivity index (χ0) is 16.5. The Labute approximate surface area is 141 Å². The van der Waals surface area contributed by atoms with Crippen LogP contribution in [0.1, 0.15) is 25.7 Å². The van der Waals surface area contributed by atoms with Crippen molar-refractivity contribution < 1.29 is 13.2 Å². The van der Waals surface area contributed by atoms with Gasteiger partial charge in [-0.15, -0.1) is 0 Å². The maximum atomic E-state index is 12.3. The standard InChI is InChI=1S/C16H21ClN2O3S/c17-13-4-1-2-5-14(13)23(21,22)11-6-15(20)18-16-7-3-9-19(12-16)10-8-16/h1-2,4-5H,3,6-12H2,(H,18,20). The summed E-state index contributed by atoms with van der Waals surface area (Å²) < 4.78 is 24.7. The summed E-state index contributed by atoms with van der Waals surface area (Å²) in [5.41, 5.74) is -0.149. The lowest BCUT2D eigenvalue weighted by atomic mass is 9.90. The zero-order valence-corrected chi connectivity index (χ0v) is 14.5. The SMILES string of the molecule is O=C(CCS(=O)(=O)c1ccccc1Cl)NC12CCCN(CC1)C2. The first-order valence-electron chi connectivity index (χ1n) is 7.91. The molecule has 2 atom stereocenters. The predicted molar refractivity (Wildman–Crippen MR) is 89.3 cm³/mol. The van der Waals surface area contributed by atoms with Crippen LogP contribution >= 0.6 is 11.6 Å². The molecule has 0 spiro atoms. The molecule has 2 unspecified atom stereocenters. The number of nitrogens with zero attached hydrogens (tertiary/aromatic N) is 1. The van der Waals surface area contributed by atoms with E-state index < -0.39 is 9.84 Å². The summed E-state index contributed by atoms with van der Waals surface area (Å²) in [4.78, 5) is 14.7. The van der Waals surface area contributed by atoms with Gasteiger partial charge in [0.15, 0.2) is 9.84 Å².